The first-order valence-electron chi connectivity index (χ1n) is 9.26. The van der Waals surface area contributed by atoms with Crippen molar-refractivity contribution in [2.45, 2.75) is 65.2 Å². The highest BCUT2D eigenvalue weighted by molar-refractivity contribution is 5.07. The Morgan fingerprint density at radius 3 is 1.92 bits per heavy atom. The first-order valence-corrected chi connectivity index (χ1v) is 9.26. The van der Waals surface area contributed by atoms with Gasteiger partial charge in [-0.25, -0.2) is 19.9 Å². The van der Waals surface area contributed by atoms with Crippen LogP contribution in [0.25, 0.3) is 0 Å². The van der Waals surface area contributed by atoms with Gasteiger partial charge in [-0.3, -0.25) is 0 Å². The molecular weight excluding hydrogens is 296 g/mol. The highest BCUT2D eigenvalue weighted by atomic mass is 14.9. The van der Waals surface area contributed by atoms with Crippen LogP contribution in [0.5, 0.6) is 0 Å². The van der Waals surface area contributed by atoms with E-state index in [9.17, 15) is 0 Å². The van der Waals surface area contributed by atoms with Crippen LogP contribution in [-0.2, 0) is 19.3 Å². The number of hydrogen-bond acceptors (Lipinski definition) is 4. The van der Waals surface area contributed by atoms with Gasteiger partial charge in [0, 0.05) is 37.6 Å². The van der Waals surface area contributed by atoms with Gasteiger partial charge in [0.2, 0.25) is 0 Å². The van der Waals surface area contributed by atoms with E-state index in [1.165, 1.54) is 37.7 Å². The molecule has 0 aliphatic heterocycles. The van der Waals surface area contributed by atoms with E-state index in [4.69, 9.17) is 0 Å². The summed E-state index contributed by atoms with van der Waals surface area (Å²) in [6.45, 7) is 4.38. The largest absolute Gasteiger partial charge is 0.241 e. The zero-order valence-corrected chi connectivity index (χ0v) is 14.9. The molecule has 0 bridgehead atoms. The second-order valence-corrected chi connectivity index (χ2v) is 7.35. The lowest BCUT2D eigenvalue weighted by Crippen LogP contribution is -2.13. The smallest absolute Gasteiger partial charge is 0.128 e. The first kappa shape index (κ1) is 17.0. The van der Waals surface area contributed by atoms with Crippen LogP contribution in [0.1, 0.15) is 61.8 Å². The Hall–Kier alpha value is -1.84. The predicted molar refractivity (Wildman–Crippen MR) is 95.7 cm³/mol. The van der Waals surface area contributed by atoms with E-state index in [1.807, 2.05) is 31.7 Å². The maximum atomic E-state index is 4.52. The Kier molecular flexibility index (Phi) is 5.89. The van der Waals surface area contributed by atoms with Crippen molar-refractivity contribution < 1.29 is 0 Å². The third-order valence-corrected chi connectivity index (χ3v) is 5.14. The number of aromatic nitrogens is 4. The summed E-state index contributed by atoms with van der Waals surface area (Å²) in [6, 6.07) is 0. The molecule has 0 atom stereocenters. The van der Waals surface area contributed by atoms with Crippen LogP contribution < -0.4 is 0 Å². The van der Waals surface area contributed by atoms with E-state index in [0.29, 0.717) is 0 Å². The lowest BCUT2D eigenvalue weighted by Gasteiger charge is -2.25. The molecule has 0 saturated heterocycles. The van der Waals surface area contributed by atoms with Crippen LogP contribution in [0.15, 0.2) is 24.8 Å². The summed E-state index contributed by atoms with van der Waals surface area (Å²) in [7, 11) is 0. The summed E-state index contributed by atoms with van der Waals surface area (Å²) in [6.07, 6.45) is 17.3. The number of hydrogen-bond donors (Lipinski definition) is 0. The standard InChI is InChI=1S/C20H28N4/c1-15-3-5-17(6-4-15)7-8-18-13-23-20(24-14-18)10-9-19-21-11-16(2)12-22-19/h11-15,17H,3-10H2,1-2H3. The van der Waals surface area contributed by atoms with Crippen molar-refractivity contribution >= 4 is 0 Å². The number of rotatable bonds is 6. The van der Waals surface area contributed by atoms with Crippen molar-refractivity contribution in [2.24, 2.45) is 11.8 Å². The van der Waals surface area contributed by atoms with Gasteiger partial charge in [-0.15, -0.1) is 0 Å². The van der Waals surface area contributed by atoms with E-state index in [0.717, 1.165) is 48.3 Å². The molecule has 0 radical (unpaired) electrons. The van der Waals surface area contributed by atoms with Gasteiger partial charge in [0.15, 0.2) is 0 Å². The molecule has 2 aromatic heterocycles. The molecule has 4 heteroatoms. The third kappa shape index (κ3) is 5.08. The van der Waals surface area contributed by atoms with E-state index >= 15 is 0 Å². The van der Waals surface area contributed by atoms with Gasteiger partial charge in [-0.05, 0) is 42.7 Å². The van der Waals surface area contributed by atoms with Gasteiger partial charge in [-0.2, -0.15) is 0 Å². The van der Waals surface area contributed by atoms with Crippen molar-refractivity contribution in [1.29, 1.82) is 0 Å². The van der Waals surface area contributed by atoms with Crippen LogP contribution >= 0.6 is 0 Å². The second-order valence-electron chi connectivity index (χ2n) is 7.35. The summed E-state index contributed by atoms with van der Waals surface area (Å²) >= 11 is 0. The molecule has 0 unspecified atom stereocenters. The van der Waals surface area contributed by atoms with Gasteiger partial charge in [0.05, 0.1) is 0 Å². The molecule has 2 heterocycles. The zero-order valence-electron chi connectivity index (χ0n) is 14.9. The Morgan fingerprint density at radius 2 is 1.33 bits per heavy atom. The Morgan fingerprint density at radius 1 is 0.792 bits per heavy atom. The fourth-order valence-electron chi connectivity index (χ4n) is 3.40. The molecule has 3 rings (SSSR count). The van der Waals surface area contributed by atoms with Crippen molar-refractivity contribution in [3.8, 4) is 0 Å². The third-order valence-electron chi connectivity index (χ3n) is 5.14. The van der Waals surface area contributed by atoms with Crippen LogP contribution in [0, 0.1) is 18.8 Å². The average molecular weight is 324 g/mol. The Balaban J connectivity index is 1.44. The minimum absolute atomic E-state index is 0.792. The quantitative estimate of drug-likeness (QED) is 0.802. The molecule has 4 nitrogen and oxygen atoms in total. The van der Waals surface area contributed by atoms with Gasteiger partial charge in [0.25, 0.3) is 0 Å². The van der Waals surface area contributed by atoms with E-state index < -0.39 is 0 Å². The SMILES string of the molecule is Cc1cnc(CCc2ncc(CCC3CCC(C)CC3)cn2)nc1. The molecule has 0 spiro atoms. The monoisotopic (exact) mass is 324 g/mol. The van der Waals surface area contributed by atoms with Crippen LogP contribution in [0.4, 0.5) is 0 Å². The maximum absolute atomic E-state index is 4.52. The molecule has 0 N–H and O–H groups in total. The fourth-order valence-corrected chi connectivity index (χ4v) is 3.40. The number of nitrogens with zero attached hydrogens (tertiary/aromatic N) is 4. The van der Waals surface area contributed by atoms with Crippen molar-refractivity contribution in [3.63, 3.8) is 0 Å². The summed E-state index contributed by atoms with van der Waals surface area (Å²) < 4.78 is 0. The fraction of sp³-hybridized carbons (Fsp3) is 0.600. The van der Waals surface area contributed by atoms with Crippen molar-refractivity contribution in [3.05, 3.63) is 47.6 Å². The molecule has 1 aliphatic rings. The van der Waals surface area contributed by atoms with Gasteiger partial charge in [-0.1, -0.05) is 32.6 Å². The predicted octanol–water partition coefficient (Wildman–Crippen LogP) is 4.12. The highest BCUT2D eigenvalue weighted by Crippen LogP contribution is 2.31. The number of aryl methyl sites for hydroxylation is 4. The van der Waals surface area contributed by atoms with Gasteiger partial charge in [0.1, 0.15) is 11.6 Å². The van der Waals surface area contributed by atoms with E-state index in [1.54, 1.807) is 0 Å². The van der Waals surface area contributed by atoms with Crippen LogP contribution in [0.2, 0.25) is 0 Å². The molecule has 128 valence electrons. The lowest BCUT2D eigenvalue weighted by molar-refractivity contribution is 0.277. The molecule has 1 fully saturated rings. The maximum Gasteiger partial charge on any atom is 0.128 e. The van der Waals surface area contributed by atoms with Gasteiger partial charge < -0.3 is 0 Å². The highest BCUT2D eigenvalue weighted by Gasteiger charge is 2.17. The second kappa shape index (κ2) is 8.32. The summed E-state index contributed by atoms with van der Waals surface area (Å²) in [5, 5.41) is 0. The van der Waals surface area contributed by atoms with Crippen molar-refractivity contribution in [2.75, 3.05) is 0 Å². The molecule has 24 heavy (non-hydrogen) atoms. The first-order chi connectivity index (χ1) is 11.7. The molecule has 1 aliphatic carbocycles. The minimum atomic E-state index is 0.792. The van der Waals surface area contributed by atoms with Crippen molar-refractivity contribution in [1.82, 2.24) is 19.9 Å². The summed E-state index contributed by atoms with van der Waals surface area (Å²) in [4.78, 5) is 17.7. The summed E-state index contributed by atoms with van der Waals surface area (Å²) in [5.41, 5.74) is 2.36. The molecule has 1 saturated carbocycles. The van der Waals surface area contributed by atoms with E-state index in [2.05, 4.69) is 26.9 Å². The molecule has 2 aromatic rings. The zero-order chi connectivity index (χ0) is 16.8. The van der Waals surface area contributed by atoms with Crippen LogP contribution in [-0.4, -0.2) is 19.9 Å². The normalized spacial score (nSPS) is 20.9. The Bertz CT molecular complexity index is 613. The molecule has 0 aromatic carbocycles. The van der Waals surface area contributed by atoms with E-state index in [-0.39, 0.29) is 0 Å². The van der Waals surface area contributed by atoms with Gasteiger partial charge >= 0.3 is 0 Å². The molecule has 0 amide bonds. The topological polar surface area (TPSA) is 51.6 Å². The summed E-state index contributed by atoms with van der Waals surface area (Å²) in [5.74, 6) is 3.58. The Labute approximate surface area is 145 Å². The molecular formula is C20H28N4. The minimum Gasteiger partial charge on any atom is -0.241 e. The average Bonchev–Trinajstić information content (AvgIpc) is 2.62. The lowest BCUT2D eigenvalue weighted by atomic mass is 9.80. The van der Waals surface area contributed by atoms with Crippen LogP contribution in [0.3, 0.4) is 0 Å².